The molecule has 0 aromatic heterocycles. The fraction of sp³-hybridized carbons (Fsp3) is 0.600. The Hall–Kier alpha value is -1.22. The van der Waals surface area contributed by atoms with Crippen LogP contribution in [0.5, 0.6) is 11.5 Å². The van der Waals surface area contributed by atoms with Crippen molar-refractivity contribution in [3.63, 3.8) is 0 Å². The lowest BCUT2D eigenvalue weighted by atomic mass is 9.87. The molecule has 0 aliphatic carbocycles. The zero-order valence-corrected chi connectivity index (χ0v) is 11.5. The fourth-order valence-electron chi connectivity index (χ4n) is 2.13. The highest BCUT2D eigenvalue weighted by Gasteiger charge is 2.21. The molecule has 1 unspecified atom stereocenters. The van der Waals surface area contributed by atoms with Crippen LogP contribution in [0.25, 0.3) is 0 Å². The van der Waals surface area contributed by atoms with Gasteiger partial charge in [-0.1, -0.05) is 32.9 Å². The summed E-state index contributed by atoms with van der Waals surface area (Å²) in [6.45, 7) is 7.93. The van der Waals surface area contributed by atoms with Gasteiger partial charge in [-0.15, -0.1) is 0 Å². The molecule has 0 saturated carbocycles. The van der Waals surface area contributed by atoms with E-state index in [0.717, 1.165) is 29.9 Å². The lowest BCUT2D eigenvalue weighted by molar-refractivity contribution is 0.168. The highest BCUT2D eigenvalue weighted by Crippen LogP contribution is 2.38. The Morgan fingerprint density at radius 2 is 1.94 bits per heavy atom. The number of hydrogen-bond donors (Lipinski definition) is 1. The summed E-state index contributed by atoms with van der Waals surface area (Å²) in [6.07, 6.45) is 2.06. The van der Waals surface area contributed by atoms with Crippen LogP contribution in [0.4, 0.5) is 0 Å². The summed E-state index contributed by atoms with van der Waals surface area (Å²) in [4.78, 5) is 0. The van der Waals surface area contributed by atoms with E-state index in [0.29, 0.717) is 18.6 Å². The number of rotatable bonds is 3. The van der Waals surface area contributed by atoms with Crippen LogP contribution in [0.15, 0.2) is 18.2 Å². The van der Waals surface area contributed by atoms with Gasteiger partial charge < -0.3 is 15.2 Å². The maximum Gasteiger partial charge on any atom is 0.166 e. The Bertz CT molecular complexity index is 409. The second-order valence-electron chi connectivity index (χ2n) is 6.08. The van der Waals surface area contributed by atoms with E-state index in [1.165, 1.54) is 0 Å². The molecule has 1 aromatic rings. The maximum atomic E-state index is 6.29. The molecule has 2 N–H and O–H groups in total. The molecular weight excluding hydrogens is 226 g/mol. The van der Waals surface area contributed by atoms with Crippen molar-refractivity contribution in [3.8, 4) is 11.5 Å². The highest BCUT2D eigenvalue weighted by molar-refractivity contribution is 5.48. The van der Waals surface area contributed by atoms with E-state index in [2.05, 4.69) is 20.8 Å². The molecule has 0 amide bonds. The molecule has 1 atom stereocenters. The van der Waals surface area contributed by atoms with Gasteiger partial charge in [-0.3, -0.25) is 0 Å². The first-order valence-corrected chi connectivity index (χ1v) is 6.61. The van der Waals surface area contributed by atoms with Crippen LogP contribution in [-0.4, -0.2) is 13.2 Å². The molecule has 1 aromatic carbocycles. The zero-order valence-electron chi connectivity index (χ0n) is 11.5. The Morgan fingerprint density at radius 3 is 2.67 bits per heavy atom. The Morgan fingerprint density at radius 1 is 1.22 bits per heavy atom. The number of fused-ring (bicyclic) bond motifs is 1. The van der Waals surface area contributed by atoms with Crippen molar-refractivity contribution in [2.75, 3.05) is 13.2 Å². The Kier molecular flexibility index (Phi) is 3.81. The molecule has 2 rings (SSSR count). The first kappa shape index (κ1) is 13.2. The lowest BCUT2D eigenvalue weighted by Crippen LogP contribution is -2.20. The molecule has 100 valence electrons. The molecule has 3 nitrogen and oxygen atoms in total. The fourth-order valence-corrected chi connectivity index (χ4v) is 2.13. The molecular formula is C15H23NO2. The number of benzene rings is 1. The summed E-state index contributed by atoms with van der Waals surface area (Å²) in [7, 11) is 0. The van der Waals surface area contributed by atoms with Crippen LogP contribution in [0, 0.1) is 5.41 Å². The van der Waals surface area contributed by atoms with Gasteiger partial charge in [0.2, 0.25) is 0 Å². The molecule has 0 saturated heterocycles. The predicted octanol–water partition coefficient (Wildman–Crippen LogP) is 3.28. The van der Waals surface area contributed by atoms with Crippen molar-refractivity contribution in [3.05, 3.63) is 23.8 Å². The molecule has 0 bridgehead atoms. The molecule has 0 spiro atoms. The molecule has 0 radical (unpaired) electrons. The van der Waals surface area contributed by atoms with E-state index in [1.807, 2.05) is 18.2 Å². The van der Waals surface area contributed by atoms with Gasteiger partial charge in [0.05, 0.1) is 0 Å². The number of nitrogens with two attached hydrogens (primary N) is 1. The van der Waals surface area contributed by atoms with Gasteiger partial charge in [-0.25, -0.2) is 0 Å². The maximum absolute atomic E-state index is 6.29. The van der Waals surface area contributed by atoms with Crippen molar-refractivity contribution in [1.82, 2.24) is 0 Å². The number of hydrogen-bond acceptors (Lipinski definition) is 3. The van der Waals surface area contributed by atoms with Crippen molar-refractivity contribution >= 4 is 0 Å². The molecule has 18 heavy (non-hydrogen) atoms. The summed E-state index contributed by atoms with van der Waals surface area (Å²) in [6, 6.07) is 5.98. The summed E-state index contributed by atoms with van der Waals surface area (Å²) < 4.78 is 11.3. The van der Waals surface area contributed by atoms with Crippen LogP contribution in [0.2, 0.25) is 0 Å². The van der Waals surface area contributed by atoms with Gasteiger partial charge in [-0.05, 0) is 24.3 Å². The van der Waals surface area contributed by atoms with Crippen LogP contribution in [-0.2, 0) is 0 Å². The number of ether oxygens (including phenoxy) is 2. The summed E-state index contributed by atoms with van der Waals surface area (Å²) in [5.74, 6) is 1.66. The third kappa shape index (κ3) is 3.16. The van der Waals surface area contributed by atoms with E-state index in [-0.39, 0.29) is 6.04 Å². The van der Waals surface area contributed by atoms with Gasteiger partial charge in [0, 0.05) is 11.6 Å². The summed E-state index contributed by atoms with van der Waals surface area (Å²) >= 11 is 0. The standard InChI is InChI=1S/C15H23NO2/c1-15(2,3)8-7-12(16)11-5-4-6-13-14(11)18-10-9-17-13/h4-6,12H,7-10,16H2,1-3H3. The zero-order chi connectivity index (χ0) is 13.2. The first-order valence-electron chi connectivity index (χ1n) is 6.61. The van der Waals surface area contributed by atoms with Crippen LogP contribution < -0.4 is 15.2 Å². The molecule has 1 aliphatic rings. The van der Waals surface area contributed by atoms with Gasteiger partial charge in [0.25, 0.3) is 0 Å². The average Bonchev–Trinajstić information content (AvgIpc) is 2.34. The second kappa shape index (κ2) is 5.19. The minimum atomic E-state index is 0.0147. The largest absolute Gasteiger partial charge is 0.486 e. The third-order valence-corrected chi connectivity index (χ3v) is 3.20. The quantitative estimate of drug-likeness (QED) is 0.894. The molecule has 1 aliphatic heterocycles. The van der Waals surface area contributed by atoms with Gasteiger partial charge >= 0.3 is 0 Å². The average molecular weight is 249 g/mol. The van der Waals surface area contributed by atoms with E-state index >= 15 is 0 Å². The van der Waals surface area contributed by atoms with Crippen LogP contribution in [0.3, 0.4) is 0 Å². The Labute approximate surface area is 109 Å². The predicted molar refractivity (Wildman–Crippen MR) is 73.0 cm³/mol. The number of para-hydroxylation sites is 1. The van der Waals surface area contributed by atoms with E-state index < -0.39 is 0 Å². The monoisotopic (exact) mass is 249 g/mol. The highest BCUT2D eigenvalue weighted by atomic mass is 16.6. The summed E-state index contributed by atoms with van der Waals surface area (Å²) in [5.41, 5.74) is 7.67. The van der Waals surface area contributed by atoms with Gasteiger partial charge in [0.15, 0.2) is 11.5 Å². The van der Waals surface area contributed by atoms with E-state index in [1.54, 1.807) is 0 Å². The van der Waals surface area contributed by atoms with Crippen LogP contribution >= 0.6 is 0 Å². The topological polar surface area (TPSA) is 44.5 Å². The van der Waals surface area contributed by atoms with Crippen molar-refractivity contribution < 1.29 is 9.47 Å². The first-order chi connectivity index (χ1) is 8.47. The van der Waals surface area contributed by atoms with E-state index in [9.17, 15) is 0 Å². The smallest absolute Gasteiger partial charge is 0.166 e. The van der Waals surface area contributed by atoms with E-state index in [4.69, 9.17) is 15.2 Å². The molecule has 0 fully saturated rings. The van der Waals surface area contributed by atoms with Gasteiger partial charge in [-0.2, -0.15) is 0 Å². The van der Waals surface area contributed by atoms with Crippen molar-refractivity contribution in [2.45, 2.75) is 39.7 Å². The Balaban J connectivity index is 2.12. The third-order valence-electron chi connectivity index (χ3n) is 3.20. The minimum Gasteiger partial charge on any atom is -0.486 e. The lowest BCUT2D eigenvalue weighted by Gasteiger charge is -2.25. The van der Waals surface area contributed by atoms with Crippen molar-refractivity contribution in [1.29, 1.82) is 0 Å². The van der Waals surface area contributed by atoms with Crippen molar-refractivity contribution in [2.24, 2.45) is 11.1 Å². The summed E-state index contributed by atoms with van der Waals surface area (Å²) in [5, 5.41) is 0. The SMILES string of the molecule is CC(C)(C)CCC(N)c1cccc2c1OCCO2. The van der Waals surface area contributed by atoms with Crippen LogP contribution in [0.1, 0.15) is 45.2 Å². The second-order valence-corrected chi connectivity index (χ2v) is 6.08. The normalized spacial score (nSPS) is 16.4. The van der Waals surface area contributed by atoms with Gasteiger partial charge in [0.1, 0.15) is 13.2 Å². The minimum absolute atomic E-state index is 0.0147. The molecule has 3 heteroatoms. The molecule has 1 heterocycles.